The number of nitrogens with two attached hydrogens (primary N) is 3. The number of hydrogen-bond donors (Lipinski definition) is 5. The Labute approximate surface area is 192 Å². The van der Waals surface area contributed by atoms with Crippen LogP contribution in [0.4, 0.5) is 4.79 Å². The minimum atomic E-state index is -1.53. The zero-order chi connectivity index (χ0) is 24.8. The Morgan fingerprint density at radius 2 is 1.88 bits per heavy atom. The lowest BCUT2D eigenvalue weighted by molar-refractivity contribution is -0.152. The molecule has 0 radical (unpaired) electrons. The first-order valence-corrected chi connectivity index (χ1v) is 10.5. The highest BCUT2D eigenvalue weighted by Crippen LogP contribution is 2.12. The predicted octanol–water partition coefficient (Wildman–Crippen LogP) is -1.01. The van der Waals surface area contributed by atoms with Crippen LogP contribution in [0.5, 0.6) is 0 Å². The number of rotatable bonds is 13. The summed E-state index contributed by atoms with van der Waals surface area (Å²) in [6.45, 7) is 0.924. The SMILES string of the molecule is CCC(N)C(=O)N(C(=O)[C@@H](CO)NC(=O)OCc1ccccc1)[C@H](C=O)CCCN=C(N)N. The fraction of sp³-hybridized carbons (Fsp3) is 0.476. The summed E-state index contributed by atoms with van der Waals surface area (Å²) in [5.74, 6) is -1.92. The first-order chi connectivity index (χ1) is 15.7. The number of aliphatic imine (C=N–C) groups is 1. The van der Waals surface area contributed by atoms with Gasteiger partial charge in [0.05, 0.1) is 18.7 Å². The molecular weight excluding hydrogens is 432 g/mol. The number of aliphatic hydroxyl groups excluding tert-OH is 1. The molecule has 0 aromatic heterocycles. The Morgan fingerprint density at radius 1 is 1.21 bits per heavy atom. The molecule has 3 amide bonds. The van der Waals surface area contributed by atoms with E-state index in [0.29, 0.717) is 16.7 Å². The van der Waals surface area contributed by atoms with Crippen LogP contribution >= 0.6 is 0 Å². The van der Waals surface area contributed by atoms with E-state index in [1.807, 2.05) is 0 Å². The molecule has 8 N–H and O–H groups in total. The molecule has 12 nitrogen and oxygen atoms in total. The number of benzene rings is 1. The van der Waals surface area contributed by atoms with Gasteiger partial charge < -0.3 is 37.2 Å². The highest BCUT2D eigenvalue weighted by Gasteiger charge is 2.36. The number of aldehydes is 1. The van der Waals surface area contributed by atoms with Crippen LogP contribution in [0, 0.1) is 0 Å². The van der Waals surface area contributed by atoms with Gasteiger partial charge >= 0.3 is 6.09 Å². The Morgan fingerprint density at radius 3 is 2.42 bits per heavy atom. The van der Waals surface area contributed by atoms with Crippen molar-refractivity contribution >= 4 is 30.2 Å². The second kappa shape index (κ2) is 14.5. The lowest BCUT2D eigenvalue weighted by atomic mass is 10.1. The van der Waals surface area contributed by atoms with E-state index in [2.05, 4.69) is 10.3 Å². The molecule has 0 aliphatic heterocycles. The topological polar surface area (TPSA) is 203 Å². The Hall–Kier alpha value is -3.51. The molecule has 182 valence electrons. The Kier molecular flexibility index (Phi) is 12.1. The fourth-order valence-corrected chi connectivity index (χ4v) is 2.82. The van der Waals surface area contributed by atoms with E-state index in [4.69, 9.17) is 21.9 Å². The maximum Gasteiger partial charge on any atom is 0.408 e. The quantitative estimate of drug-likeness (QED) is 0.105. The van der Waals surface area contributed by atoms with E-state index in [0.717, 1.165) is 0 Å². The van der Waals surface area contributed by atoms with Crippen molar-refractivity contribution in [1.29, 1.82) is 0 Å². The molecule has 3 atom stereocenters. The van der Waals surface area contributed by atoms with Crippen LogP contribution < -0.4 is 22.5 Å². The van der Waals surface area contributed by atoms with Crippen LogP contribution in [0.1, 0.15) is 31.7 Å². The first kappa shape index (κ1) is 27.5. The van der Waals surface area contributed by atoms with E-state index in [-0.39, 0.29) is 38.4 Å². The molecule has 1 aromatic carbocycles. The van der Waals surface area contributed by atoms with Crippen molar-refractivity contribution in [3.05, 3.63) is 35.9 Å². The van der Waals surface area contributed by atoms with E-state index in [1.165, 1.54) is 0 Å². The van der Waals surface area contributed by atoms with E-state index < -0.39 is 42.6 Å². The number of guanidine groups is 1. The van der Waals surface area contributed by atoms with Crippen LogP contribution in [0.15, 0.2) is 35.3 Å². The summed E-state index contributed by atoms with van der Waals surface area (Å²) in [5, 5.41) is 11.9. The molecule has 1 rings (SSSR count). The number of carbonyl (C=O) groups is 4. The van der Waals surface area contributed by atoms with Crippen LogP contribution in [0.25, 0.3) is 0 Å². The number of imide groups is 1. The lowest BCUT2D eigenvalue weighted by Gasteiger charge is -2.31. The number of nitrogens with zero attached hydrogens (tertiary/aromatic N) is 2. The van der Waals surface area contributed by atoms with Gasteiger partial charge in [-0.1, -0.05) is 37.3 Å². The summed E-state index contributed by atoms with van der Waals surface area (Å²) >= 11 is 0. The summed E-state index contributed by atoms with van der Waals surface area (Å²) in [7, 11) is 0. The number of carbonyl (C=O) groups excluding carboxylic acids is 4. The van der Waals surface area contributed by atoms with Crippen molar-refractivity contribution in [2.45, 2.75) is 50.9 Å². The lowest BCUT2D eigenvalue weighted by Crippen LogP contribution is -2.59. The van der Waals surface area contributed by atoms with Gasteiger partial charge in [-0.2, -0.15) is 0 Å². The number of nitrogens with one attached hydrogen (secondary N) is 1. The van der Waals surface area contributed by atoms with Gasteiger partial charge in [-0.3, -0.25) is 19.5 Å². The fourth-order valence-electron chi connectivity index (χ4n) is 2.82. The largest absolute Gasteiger partial charge is 0.445 e. The van der Waals surface area contributed by atoms with Crippen molar-refractivity contribution < 1.29 is 29.0 Å². The van der Waals surface area contributed by atoms with Crippen molar-refractivity contribution in [3.63, 3.8) is 0 Å². The molecule has 0 saturated heterocycles. The molecule has 0 fully saturated rings. The second-order valence-corrected chi connectivity index (χ2v) is 7.15. The van der Waals surface area contributed by atoms with Gasteiger partial charge in [0.1, 0.15) is 18.9 Å². The van der Waals surface area contributed by atoms with Crippen LogP contribution in [-0.2, 0) is 25.7 Å². The molecule has 12 heteroatoms. The van der Waals surface area contributed by atoms with Gasteiger partial charge in [-0.25, -0.2) is 4.79 Å². The summed E-state index contributed by atoms with van der Waals surface area (Å²) in [4.78, 5) is 54.2. The van der Waals surface area contributed by atoms with Gasteiger partial charge in [0.25, 0.3) is 5.91 Å². The minimum absolute atomic E-state index is 0.0603. The maximum atomic E-state index is 13.1. The highest BCUT2D eigenvalue weighted by molar-refractivity contribution is 6.03. The summed E-state index contributed by atoms with van der Waals surface area (Å²) in [6.07, 6.45) is 0.00348. The van der Waals surface area contributed by atoms with Gasteiger partial charge in [-0.15, -0.1) is 0 Å². The number of alkyl carbamates (subject to hydrolysis) is 1. The minimum Gasteiger partial charge on any atom is -0.445 e. The Balaban J connectivity index is 2.94. The van der Waals surface area contributed by atoms with E-state index >= 15 is 0 Å². The molecule has 1 aromatic rings. The van der Waals surface area contributed by atoms with Crippen molar-refractivity contribution in [2.75, 3.05) is 13.2 Å². The van der Waals surface area contributed by atoms with E-state index in [9.17, 15) is 24.3 Å². The van der Waals surface area contributed by atoms with Crippen molar-refractivity contribution in [3.8, 4) is 0 Å². The average molecular weight is 465 g/mol. The third kappa shape index (κ3) is 9.25. The van der Waals surface area contributed by atoms with Gasteiger partial charge in [0.2, 0.25) is 5.91 Å². The van der Waals surface area contributed by atoms with E-state index in [1.54, 1.807) is 37.3 Å². The molecular formula is C21H32N6O6. The molecule has 0 aliphatic carbocycles. The number of amides is 3. The number of aliphatic hydroxyl groups is 1. The maximum absolute atomic E-state index is 13.1. The Bertz CT molecular complexity index is 815. The first-order valence-electron chi connectivity index (χ1n) is 10.5. The summed E-state index contributed by atoms with van der Waals surface area (Å²) < 4.78 is 5.06. The standard InChI is InChI=1S/C21H32N6O6/c1-2-16(22)18(30)27(15(11-28)9-6-10-25-20(23)24)19(31)17(12-29)26-21(32)33-13-14-7-4-3-5-8-14/h3-5,7-8,11,15-17,29H,2,6,9-10,12-13,22H2,1H3,(H,26,32)(H4,23,24,25)/t15-,16?,17+/m0/s1. The highest BCUT2D eigenvalue weighted by atomic mass is 16.5. The van der Waals surface area contributed by atoms with Crippen LogP contribution in [0.3, 0.4) is 0 Å². The van der Waals surface area contributed by atoms with Gasteiger partial charge in [-0.05, 0) is 24.8 Å². The molecule has 0 spiro atoms. The zero-order valence-corrected chi connectivity index (χ0v) is 18.6. The van der Waals surface area contributed by atoms with Crippen molar-refractivity contribution in [1.82, 2.24) is 10.2 Å². The average Bonchev–Trinajstić information content (AvgIpc) is 2.82. The number of hydrogen-bond acceptors (Lipinski definition) is 8. The molecule has 0 heterocycles. The van der Waals surface area contributed by atoms with Gasteiger partial charge in [0.15, 0.2) is 5.96 Å². The molecule has 0 bridgehead atoms. The third-order valence-electron chi connectivity index (χ3n) is 4.66. The summed E-state index contributed by atoms with van der Waals surface area (Å²) in [5.41, 5.74) is 17.1. The normalized spacial score (nSPS) is 13.2. The smallest absolute Gasteiger partial charge is 0.408 e. The molecule has 33 heavy (non-hydrogen) atoms. The summed E-state index contributed by atoms with van der Waals surface area (Å²) in [6, 6.07) is 5.05. The molecule has 0 saturated carbocycles. The van der Waals surface area contributed by atoms with Crippen LogP contribution in [-0.4, -0.2) is 71.4 Å². The van der Waals surface area contributed by atoms with Crippen LogP contribution in [0.2, 0.25) is 0 Å². The van der Waals surface area contributed by atoms with Gasteiger partial charge in [0, 0.05) is 6.54 Å². The molecule has 1 unspecified atom stereocenters. The predicted molar refractivity (Wildman–Crippen MR) is 121 cm³/mol. The molecule has 0 aliphatic rings. The zero-order valence-electron chi connectivity index (χ0n) is 18.6. The van der Waals surface area contributed by atoms with Crippen molar-refractivity contribution in [2.24, 2.45) is 22.2 Å². The number of ether oxygens (including phenoxy) is 1. The monoisotopic (exact) mass is 464 g/mol. The second-order valence-electron chi connectivity index (χ2n) is 7.15. The third-order valence-corrected chi connectivity index (χ3v) is 4.66.